The van der Waals surface area contributed by atoms with Crippen LogP contribution in [0.3, 0.4) is 0 Å². The van der Waals surface area contributed by atoms with Crippen LogP contribution in [0.5, 0.6) is 0 Å². The van der Waals surface area contributed by atoms with Crippen LogP contribution in [0.15, 0.2) is 0 Å². The van der Waals surface area contributed by atoms with Gasteiger partial charge in [0.15, 0.2) is 0 Å². The molecule has 0 saturated carbocycles. The molecule has 8 nitrogen and oxygen atoms in total. The fraction of sp³-hybridized carbons (Fsp3) is 0.818. The Hall–Kier alpha value is -1.19. The molecule has 1 aliphatic heterocycles. The Kier molecular flexibility index (Phi) is 6.37. The fourth-order valence-corrected chi connectivity index (χ4v) is 3.41. The number of nitrogens with zero attached hydrogens (tertiary/aromatic N) is 1. The highest BCUT2D eigenvalue weighted by Crippen LogP contribution is 2.14. The van der Waals surface area contributed by atoms with Crippen molar-refractivity contribution in [2.45, 2.75) is 25.4 Å². The molecule has 1 atom stereocenters. The standard InChI is InChI=1S/C11H19NO7S/c1-18-11(15)3-2-6-20(16,17)12-4-5-19-9(8-12)7-10(13)14/h9H,2-8H2,1H3,(H,13,14). The lowest BCUT2D eigenvalue weighted by atomic mass is 10.2. The van der Waals surface area contributed by atoms with E-state index in [1.807, 2.05) is 0 Å². The van der Waals surface area contributed by atoms with Gasteiger partial charge in [-0.2, -0.15) is 4.31 Å². The molecule has 0 radical (unpaired) electrons. The summed E-state index contributed by atoms with van der Waals surface area (Å²) in [6.07, 6.45) is -0.639. The number of aliphatic carboxylic acids is 1. The summed E-state index contributed by atoms with van der Waals surface area (Å²) >= 11 is 0. The van der Waals surface area contributed by atoms with E-state index in [0.29, 0.717) is 0 Å². The van der Waals surface area contributed by atoms with Crippen molar-refractivity contribution in [2.75, 3.05) is 32.6 Å². The minimum Gasteiger partial charge on any atom is -0.481 e. The Morgan fingerprint density at radius 1 is 1.45 bits per heavy atom. The summed E-state index contributed by atoms with van der Waals surface area (Å²) in [7, 11) is -2.26. The first-order valence-corrected chi connectivity index (χ1v) is 7.84. The van der Waals surface area contributed by atoms with Crippen LogP contribution >= 0.6 is 0 Å². The Morgan fingerprint density at radius 2 is 2.15 bits per heavy atom. The number of carbonyl (C=O) groups excluding carboxylic acids is 1. The molecule has 1 N–H and O–H groups in total. The van der Waals surface area contributed by atoms with Gasteiger partial charge in [-0.05, 0) is 6.42 Å². The van der Waals surface area contributed by atoms with Crippen LogP contribution in [-0.4, -0.2) is 68.4 Å². The lowest BCUT2D eigenvalue weighted by Crippen LogP contribution is -2.47. The predicted molar refractivity (Wildman–Crippen MR) is 68.6 cm³/mol. The van der Waals surface area contributed by atoms with Gasteiger partial charge in [0.25, 0.3) is 0 Å². The van der Waals surface area contributed by atoms with Gasteiger partial charge in [0.05, 0.1) is 32.0 Å². The van der Waals surface area contributed by atoms with E-state index in [1.54, 1.807) is 0 Å². The van der Waals surface area contributed by atoms with Gasteiger partial charge in [0.1, 0.15) is 0 Å². The third-order valence-electron chi connectivity index (χ3n) is 2.91. The minimum absolute atomic E-state index is 0.0346. The number of carbonyl (C=O) groups is 2. The van der Waals surface area contributed by atoms with Gasteiger partial charge in [-0.25, -0.2) is 8.42 Å². The summed E-state index contributed by atoms with van der Waals surface area (Å²) in [5.41, 5.74) is 0. The normalized spacial score (nSPS) is 20.6. The van der Waals surface area contributed by atoms with Crippen LogP contribution in [0.1, 0.15) is 19.3 Å². The Labute approximate surface area is 117 Å². The van der Waals surface area contributed by atoms with Gasteiger partial charge in [0.2, 0.25) is 10.0 Å². The maximum atomic E-state index is 12.1. The number of sulfonamides is 1. The molecule has 0 aliphatic carbocycles. The highest BCUT2D eigenvalue weighted by Gasteiger charge is 2.30. The summed E-state index contributed by atoms with van der Waals surface area (Å²) in [6, 6.07) is 0. The smallest absolute Gasteiger partial charge is 0.306 e. The molecule has 0 spiro atoms. The highest BCUT2D eigenvalue weighted by molar-refractivity contribution is 7.89. The third kappa shape index (κ3) is 5.43. The Bertz CT molecular complexity index is 448. The molecule has 1 saturated heterocycles. The average Bonchev–Trinajstić information content (AvgIpc) is 2.38. The first-order valence-electron chi connectivity index (χ1n) is 6.23. The maximum Gasteiger partial charge on any atom is 0.306 e. The molecular formula is C11H19NO7S. The molecule has 0 aromatic rings. The summed E-state index contributed by atoms with van der Waals surface area (Å²) in [5, 5.41) is 8.69. The number of hydrogen-bond acceptors (Lipinski definition) is 6. The van der Waals surface area contributed by atoms with Gasteiger partial charge in [0, 0.05) is 19.5 Å². The van der Waals surface area contributed by atoms with Crippen molar-refractivity contribution in [2.24, 2.45) is 0 Å². The second kappa shape index (κ2) is 7.55. The summed E-state index contributed by atoms with van der Waals surface area (Å²) in [4.78, 5) is 21.5. The molecule has 1 unspecified atom stereocenters. The van der Waals surface area contributed by atoms with Crippen LogP contribution in [0.4, 0.5) is 0 Å². The number of rotatable bonds is 7. The number of carboxylic acids is 1. The summed E-state index contributed by atoms with van der Waals surface area (Å²) in [6.45, 7) is 0.414. The van der Waals surface area contributed by atoms with Gasteiger partial charge in [-0.15, -0.1) is 0 Å². The van der Waals surface area contributed by atoms with E-state index in [4.69, 9.17) is 9.84 Å². The van der Waals surface area contributed by atoms with Crippen molar-refractivity contribution in [3.8, 4) is 0 Å². The lowest BCUT2D eigenvalue weighted by molar-refractivity contribution is -0.142. The van der Waals surface area contributed by atoms with Gasteiger partial charge in [-0.3, -0.25) is 9.59 Å². The van der Waals surface area contributed by atoms with E-state index in [1.165, 1.54) is 11.4 Å². The van der Waals surface area contributed by atoms with Crippen molar-refractivity contribution in [3.63, 3.8) is 0 Å². The average molecular weight is 309 g/mol. The second-order valence-electron chi connectivity index (χ2n) is 4.44. The molecule has 1 heterocycles. The molecule has 0 bridgehead atoms. The van der Waals surface area contributed by atoms with Gasteiger partial charge in [-0.1, -0.05) is 0 Å². The number of hydrogen-bond donors (Lipinski definition) is 1. The number of ether oxygens (including phenoxy) is 2. The van der Waals surface area contributed by atoms with Crippen LogP contribution in [0.25, 0.3) is 0 Å². The van der Waals surface area contributed by atoms with Crippen LogP contribution < -0.4 is 0 Å². The topological polar surface area (TPSA) is 110 Å². The van der Waals surface area contributed by atoms with Gasteiger partial charge >= 0.3 is 11.9 Å². The van der Waals surface area contributed by atoms with Crippen LogP contribution in [-0.2, 0) is 29.1 Å². The molecule has 116 valence electrons. The van der Waals surface area contributed by atoms with Crippen molar-refractivity contribution in [1.29, 1.82) is 0 Å². The van der Waals surface area contributed by atoms with Crippen LogP contribution in [0, 0.1) is 0 Å². The lowest BCUT2D eigenvalue weighted by Gasteiger charge is -2.31. The maximum absolute atomic E-state index is 12.1. The van der Waals surface area contributed by atoms with Crippen molar-refractivity contribution >= 4 is 22.0 Å². The predicted octanol–water partition coefficient (Wildman–Crippen LogP) is -0.555. The third-order valence-corrected chi connectivity index (χ3v) is 4.83. The van der Waals surface area contributed by atoms with Gasteiger partial charge < -0.3 is 14.6 Å². The highest BCUT2D eigenvalue weighted by atomic mass is 32.2. The molecule has 1 rings (SSSR count). The zero-order valence-corrected chi connectivity index (χ0v) is 12.1. The molecule has 0 amide bonds. The molecule has 1 aliphatic rings. The quantitative estimate of drug-likeness (QED) is 0.628. The zero-order valence-electron chi connectivity index (χ0n) is 11.3. The molecule has 0 aromatic heterocycles. The Morgan fingerprint density at radius 3 is 2.75 bits per heavy atom. The van der Waals surface area contributed by atoms with E-state index in [2.05, 4.69) is 4.74 Å². The zero-order chi connectivity index (χ0) is 15.2. The molecule has 0 aromatic carbocycles. The van der Waals surface area contributed by atoms with E-state index >= 15 is 0 Å². The molecule has 20 heavy (non-hydrogen) atoms. The van der Waals surface area contributed by atoms with E-state index in [-0.39, 0.29) is 44.7 Å². The van der Waals surface area contributed by atoms with Crippen LogP contribution in [0.2, 0.25) is 0 Å². The summed E-state index contributed by atoms with van der Waals surface area (Å²) < 4.78 is 35.0. The minimum atomic E-state index is -3.50. The van der Waals surface area contributed by atoms with E-state index < -0.39 is 28.1 Å². The van der Waals surface area contributed by atoms with Crippen molar-refractivity contribution in [3.05, 3.63) is 0 Å². The first kappa shape index (κ1) is 16.9. The number of methoxy groups -OCH3 is 1. The van der Waals surface area contributed by atoms with Crippen molar-refractivity contribution < 1.29 is 32.6 Å². The first-order chi connectivity index (χ1) is 9.35. The Balaban J connectivity index is 2.49. The van der Waals surface area contributed by atoms with Crippen molar-refractivity contribution in [1.82, 2.24) is 4.31 Å². The largest absolute Gasteiger partial charge is 0.481 e. The summed E-state index contributed by atoms with van der Waals surface area (Å²) in [5.74, 6) is -1.65. The van der Waals surface area contributed by atoms with E-state index in [9.17, 15) is 18.0 Å². The number of carboxylic acid groups (broad SMARTS) is 1. The SMILES string of the molecule is COC(=O)CCCS(=O)(=O)N1CCOC(CC(=O)O)C1. The molecular weight excluding hydrogens is 290 g/mol. The van der Waals surface area contributed by atoms with E-state index in [0.717, 1.165) is 0 Å². The molecule has 1 fully saturated rings. The molecule has 9 heteroatoms. The number of morpholine rings is 1. The monoisotopic (exact) mass is 309 g/mol. The second-order valence-corrected chi connectivity index (χ2v) is 6.53. The fourth-order valence-electron chi connectivity index (χ4n) is 1.89. The number of esters is 1.